The van der Waals surface area contributed by atoms with Gasteiger partial charge in [-0.2, -0.15) is 0 Å². The summed E-state index contributed by atoms with van der Waals surface area (Å²) in [6, 6.07) is 16.5. The van der Waals surface area contributed by atoms with Crippen molar-refractivity contribution >= 4 is 22.6 Å². The molecule has 0 aromatic heterocycles. The quantitative estimate of drug-likeness (QED) is 0.509. The van der Waals surface area contributed by atoms with Crippen LogP contribution < -0.4 is 10.3 Å². The molecule has 5 nitrogen and oxygen atoms in total. The van der Waals surface area contributed by atoms with E-state index in [9.17, 15) is 9.90 Å². The molecule has 0 saturated heterocycles. The molecule has 0 saturated carbocycles. The zero-order valence-corrected chi connectivity index (χ0v) is 15.9. The summed E-state index contributed by atoms with van der Waals surface area (Å²) in [4.78, 5) is 13.9. The Bertz CT molecular complexity index is 1250. The van der Waals surface area contributed by atoms with Gasteiger partial charge < -0.3 is 19.8 Å². The van der Waals surface area contributed by atoms with Gasteiger partial charge in [-0.15, -0.1) is 0 Å². The number of carboxylic acids is 1. The molecule has 1 aliphatic heterocycles. The minimum Gasteiger partial charge on any atom is -0.478 e. The smallest absolute Gasteiger partial charge is 0.336 e. The molecule has 28 heavy (non-hydrogen) atoms. The van der Waals surface area contributed by atoms with E-state index in [1.54, 1.807) is 18.2 Å². The SMILES string of the molecule is Cc1ccc(-c2c3ccc(=N)cc-3oc3cc(N(C)C)ccc23)c(C(=O)O)c1. The van der Waals surface area contributed by atoms with E-state index in [0.717, 1.165) is 27.8 Å². The van der Waals surface area contributed by atoms with Crippen molar-refractivity contribution in [1.82, 2.24) is 0 Å². The number of carboxylic acid groups (broad SMARTS) is 1. The highest BCUT2D eigenvalue weighted by atomic mass is 16.4. The average molecular weight is 372 g/mol. The number of anilines is 1. The summed E-state index contributed by atoms with van der Waals surface area (Å²) in [6.45, 7) is 1.88. The van der Waals surface area contributed by atoms with E-state index in [1.165, 1.54) is 0 Å². The zero-order chi connectivity index (χ0) is 20.0. The Labute approximate surface area is 162 Å². The van der Waals surface area contributed by atoms with Gasteiger partial charge in [-0.1, -0.05) is 17.7 Å². The van der Waals surface area contributed by atoms with Crippen LogP contribution in [0.3, 0.4) is 0 Å². The number of nitrogens with one attached hydrogen (secondary N) is 1. The minimum atomic E-state index is -0.970. The van der Waals surface area contributed by atoms with Gasteiger partial charge in [-0.05, 0) is 42.8 Å². The van der Waals surface area contributed by atoms with Crippen LogP contribution in [0.25, 0.3) is 33.4 Å². The van der Waals surface area contributed by atoms with Gasteiger partial charge in [0.1, 0.15) is 11.3 Å². The number of aryl methyl sites for hydroxylation is 1. The second-order valence-corrected chi connectivity index (χ2v) is 7.12. The summed E-state index contributed by atoms with van der Waals surface area (Å²) in [6.07, 6.45) is 0. The minimum absolute atomic E-state index is 0.250. The van der Waals surface area contributed by atoms with Crippen molar-refractivity contribution < 1.29 is 14.3 Å². The van der Waals surface area contributed by atoms with E-state index >= 15 is 0 Å². The number of carbonyl (C=O) groups is 1. The Morgan fingerprint density at radius 3 is 2.46 bits per heavy atom. The van der Waals surface area contributed by atoms with Crippen molar-refractivity contribution in [3.05, 3.63) is 71.1 Å². The Morgan fingerprint density at radius 2 is 1.75 bits per heavy atom. The van der Waals surface area contributed by atoms with E-state index in [4.69, 9.17) is 9.83 Å². The first-order chi connectivity index (χ1) is 13.3. The van der Waals surface area contributed by atoms with E-state index in [1.807, 2.05) is 62.3 Å². The first-order valence-corrected chi connectivity index (χ1v) is 8.92. The number of aromatic carboxylic acids is 1. The number of rotatable bonds is 3. The largest absolute Gasteiger partial charge is 0.478 e. The fourth-order valence-corrected chi connectivity index (χ4v) is 3.50. The number of benzene rings is 3. The predicted molar refractivity (Wildman–Crippen MR) is 110 cm³/mol. The Balaban J connectivity index is 2.18. The second kappa shape index (κ2) is 6.53. The molecule has 0 unspecified atom stereocenters. The van der Waals surface area contributed by atoms with E-state index in [0.29, 0.717) is 22.3 Å². The van der Waals surface area contributed by atoms with Gasteiger partial charge in [0, 0.05) is 48.4 Å². The van der Waals surface area contributed by atoms with Gasteiger partial charge in [0.05, 0.1) is 10.9 Å². The third kappa shape index (κ3) is 2.91. The fourth-order valence-electron chi connectivity index (χ4n) is 3.50. The van der Waals surface area contributed by atoms with Gasteiger partial charge in [0.15, 0.2) is 0 Å². The molecule has 5 heteroatoms. The van der Waals surface area contributed by atoms with Gasteiger partial charge in [-0.3, -0.25) is 0 Å². The van der Waals surface area contributed by atoms with Crippen molar-refractivity contribution in [2.45, 2.75) is 6.92 Å². The van der Waals surface area contributed by atoms with Crippen LogP contribution in [0.2, 0.25) is 0 Å². The zero-order valence-electron chi connectivity index (χ0n) is 15.9. The van der Waals surface area contributed by atoms with Gasteiger partial charge >= 0.3 is 5.97 Å². The molecule has 0 amide bonds. The molecular weight excluding hydrogens is 352 g/mol. The van der Waals surface area contributed by atoms with E-state index in [-0.39, 0.29) is 5.56 Å². The maximum atomic E-state index is 12.0. The van der Waals surface area contributed by atoms with Gasteiger partial charge in [0.25, 0.3) is 0 Å². The lowest BCUT2D eigenvalue weighted by molar-refractivity contribution is 0.0697. The summed E-state index contributed by atoms with van der Waals surface area (Å²) >= 11 is 0. The predicted octanol–water partition coefficient (Wildman–Crippen LogP) is 4.76. The van der Waals surface area contributed by atoms with Crippen LogP contribution in [0.1, 0.15) is 15.9 Å². The third-order valence-corrected chi connectivity index (χ3v) is 4.90. The third-order valence-electron chi connectivity index (χ3n) is 4.90. The highest BCUT2D eigenvalue weighted by Gasteiger charge is 2.21. The molecule has 0 fully saturated rings. The molecule has 0 radical (unpaired) electrons. The lowest BCUT2D eigenvalue weighted by Gasteiger charge is -2.19. The molecule has 2 N–H and O–H groups in total. The van der Waals surface area contributed by atoms with Crippen molar-refractivity contribution in [1.29, 1.82) is 5.41 Å². The standard InChI is InChI=1S/C23H20N2O3/c1-13-4-7-16(19(10-13)23(26)27)22-17-8-5-14(24)11-20(17)28-21-12-15(25(2)3)6-9-18(21)22/h4-12,24H,1-3H3,(H,26,27). The fraction of sp³-hybridized carbons (Fsp3) is 0.130. The van der Waals surface area contributed by atoms with Crippen molar-refractivity contribution in [2.75, 3.05) is 19.0 Å². The Kier molecular flexibility index (Phi) is 4.15. The monoisotopic (exact) mass is 372 g/mol. The van der Waals surface area contributed by atoms with Crippen molar-refractivity contribution in [3.63, 3.8) is 0 Å². The molecule has 0 bridgehead atoms. The molecule has 1 aliphatic carbocycles. The van der Waals surface area contributed by atoms with Gasteiger partial charge in [-0.25, -0.2) is 4.79 Å². The van der Waals surface area contributed by atoms with E-state index < -0.39 is 5.97 Å². The molecule has 4 rings (SSSR count). The van der Waals surface area contributed by atoms with E-state index in [2.05, 4.69) is 0 Å². The summed E-state index contributed by atoms with van der Waals surface area (Å²) < 4.78 is 6.11. The molecule has 0 atom stereocenters. The van der Waals surface area contributed by atoms with Gasteiger partial charge in [0.2, 0.25) is 0 Å². The normalized spacial score (nSPS) is 11.1. The number of hydrogen-bond donors (Lipinski definition) is 2. The first kappa shape index (κ1) is 17.8. The number of hydrogen-bond acceptors (Lipinski definition) is 4. The molecular formula is C23H20N2O3. The molecule has 2 aromatic rings. The number of fused-ring (bicyclic) bond motifs is 2. The summed E-state index contributed by atoms with van der Waals surface area (Å²) in [5.41, 5.74) is 4.99. The Hall–Kier alpha value is -3.60. The molecule has 140 valence electrons. The van der Waals surface area contributed by atoms with Crippen LogP contribution in [-0.4, -0.2) is 25.2 Å². The summed E-state index contributed by atoms with van der Waals surface area (Å²) in [5, 5.41) is 18.9. The summed E-state index contributed by atoms with van der Waals surface area (Å²) in [7, 11) is 3.90. The highest BCUT2D eigenvalue weighted by molar-refractivity contribution is 6.07. The maximum Gasteiger partial charge on any atom is 0.336 e. The van der Waals surface area contributed by atoms with Crippen LogP contribution in [0.4, 0.5) is 5.69 Å². The second-order valence-electron chi connectivity index (χ2n) is 7.12. The first-order valence-electron chi connectivity index (χ1n) is 8.92. The van der Waals surface area contributed by atoms with Crippen LogP contribution in [0.5, 0.6) is 0 Å². The lowest BCUT2D eigenvalue weighted by Crippen LogP contribution is -2.08. The molecule has 2 aliphatic rings. The summed E-state index contributed by atoms with van der Waals surface area (Å²) in [5.74, 6) is -0.411. The molecule has 1 heterocycles. The molecule has 2 aromatic carbocycles. The van der Waals surface area contributed by atoms with Crippen LogP contribution >= 0.6 is 0 Å². The van der Waals surface area contributed by atoms with Crippen LogP contribution in [0.15, 0.2) is 59.0 Å². The molecule has 0 spiro atoms. The topological polar surface area (TPSA) is 77.5 Å². The highest BCUT2D eigenvalue weighted by Crippen LogP contribution is 2.42. The van der Waals surface area contributed by atoms with Crippen LogP contribution in [-0.2, 0) is 0 Å². The average Bonchev–Trinajstić information content (AvgIpc) is 2.65. The van der Waals surface area contributed by atoms with Crippen molar-refractivity contribution in [3.8, 4) is 22.5 Å². The Morgan fingerprint density at radius 1 is 1.00 bits per heavy atom. The number of nitrogens with zero attached hydrogens (tertiary/aromatic N) is 1. The maximum absolute atomic E-state index is 12.0. The van der Waals surface area contributed by atoms with Crippen LogP contribution in [0, 0.1) is 12.3 Å². The lowest BCUT2D eigenvalue weighted by atomic mass is 9.90. The van der Waals surface area contributed by atoms with Crippen molar-refractivity contribution in [2.24, 2.45) is 0 Å².